The number of aliphatic hydroxyl groups is 1. The zero-order chi connectivity index (χ0) is 22.7. The third-order valence-corrected chi connectivity index (χ3v) is 5.76. The van der Waals surface area contributed by atoms with Gasteiger partial charge in [0.15, 0.2) is 5.82 Å². The van der Waals surface area contributed by atoms with Crippen molar-refractivity contribution < 1.29 is 14.6 Å². The van der Waals surface area contributed by atoms with Gasteiger partial charge in [-0.25, -0.2) is 4.68 Å². The van der Waals surface area contributed by atoms with Crippen molar-refractivity contribution in [1.29, 1.82) is 0 Å². The van der Waals surface area contributed by atoms with Crippen LogP contribution in [0.25, 0.3) is 0 Å². The molecule has 0 bridgehead atoms. The minimum atomic E-state index is -0.451. The van der Waals surface area contributed by atoms with Crippen molar-refractivity contribution in [3.8, 4) is 5.75 Å². The van der Waals surface area contributed by atoms with Crippen LogP contribution in [-0.2, 0) is 11.2 Å². The number of ether oxygens (including phenoxy) is 1. The SMILES string of the molecule is COc1ccc(NC(=O)C2=C(C)Nc3nc(CCCO)nn3[C@@H]2c2ccc(Br)cc2)cc1. The van der Waals surface area contributed by atoms with Gasteiger partial charge in [-0.2, -0.15) is 10.1 Å². The summed E-state index contributed by atoms with van der Waals surface area (Å²) >= 11 is 3.47. The van der Waals surface area contributed by atoms with Crippen LogP contribution in [-0.4, -0.2) is 39.5 Å². The van der Waals surface area contributed by atoms with Crippen molar-refractivity contribution in [3.63, 3.8) is 0 Å². The number of allylic oxidation sites excluding steroid dienone is 1. The minimum absolute atomic E-state index is 0.0697. The lowest BCUT2D eigenvalue weighted by molar-refractivity contribution is -0.113. The number of methoxy groups -OCH3 is 1. The first kappa shape index (κ1) is 22.0. The molecule has 9 heteroatoms. The van der Waals surface area contributed by atoms with E-state index >= 15 is 0 Å². The molecule has 0 aliphatic carbocycles. The number of rotatable bonds is 7. The first-order valence-corrected chi connectivity index (χ1v) is 11.0. The van der Waals surface area contributed by atoms with Gasteiger partial charge in [0.05, 0.1) is 12.7 Å². The summed E-state index contributed by atoms with van der Waals surface area (Å²) in [5.74, 6) is 1.68. The number of fused-ring (bicyclic) bond motifs is 1. The molecule has 1 amide bonds. The maximum atomic E-state index is 13.4. The molecular formula is C23H24BrN5O3. The maximum absolute atomic E-state index is 13.4. The highest BCUT2D eigenvalue weighted by molar-refractivity contribution is 9.10. The predicted molar refractivity (Wildman–Crippen MR) is 126 cm³/mol. The van der Waals surface area contributed by atoms with Gasteiger partial charge in [-0.3, -0.25) is 4.79 Å². The van der Waals surface area contributed by atoms with Crippen LogP contribution in [0.4, 0.5) is 11.6 Å². The number of hydrogen-bond donors (Lipinski definition) is 3. The number of aromatic nitrogens is 3. The molecule has 0 saturated heterocycles. The molecule has 4 rings (SSSR count). The lowest BCUT2D eigenvalue weighted by Gasteiger charge is -2.28. The molecule has 2 heterocycles. The van der Waals surface area contributed by atoms with Crippen molar-refractivity contribution in [2.75, 3.05) is 24.4 Å². The largest absolute Gasteiger partial charge is 0.497 e. The van der Waals surface area contributed by atoms with E-state index in [1.54, 1.807) is 36.1 Å². The zero-order valence-corrected chi connectivity index (χ0v) is 19.4. The Kier molecular flexibility index (Phi) is 6.57. The third-order valence-electron chi connectivity index (χ3n) is 5.23. The number of aliphatic hydroxyl groups excluding tert-OH is 1. The first-order valence-electron chi connectivity index (χ1n) is 10.2. The molecule has 3 N–H and O–H groups in total. The molecule has 0 saturated carbocycles. The van der Waals surface area contributed by atoms with Crippen LogP contribution < -0.4 is 15.4 Å². The van der Waals surface area contributed by atoms with Crippen LogP contribution in [0.15, 0.2) is 64.3 Å². The highest BCUT2D eigenvalue weighted by Gasteiger charge is 2.34. The summed E-state index contributed by atoms with van der Waals surface area (Å²) in [6.45, 7) is 1.93. The van der Waals surface area contributed by atoms with E-state index in [1.165, 1.54) is 0 Å². The molecule has 8 nitrogen and oxygen atoms in total. The van der Waals surface area contributed by atoms with Crippen LogP contribution >= 0.6 is 15.9 Å². The molecule has 3 aromatic rings. The van der Waals surface area contributed by atoms with Crippen molar-refractivity contribution >= 4 is 33.5 Å². The van der Waals surface area contributed by atoms with Crippen LogP contribution in [0, 0.1) is 0 Å². The molecule has 0 spiro atoms. The Balaban J connectivity index is 1.71. The summed E-state index contributed by atoms with van der Waals surface area (Å²) in [6, 6.07) is 14.5. The van der Waals surface area contributed by atoms with Crippen LogP contribution in [0.3, 0.4) is 0 Å². The summed E-state index contributed by atoms with van der Waals surface area (Å²) in [5.41, 5.74) is 2.83. The Morgan fingerprint density at radius 3 is 2.59 bits per heavy atom. The number of aryl methyl sites for hydroxylation is 1. The second-order valence-electron chi connectivity index (χ2n) is 7.42. The third kappa shape index (κ3) is 4.53. The number of nitrogens with one attached hydrogen (secondary N) is 2. The van der Waals surface area contributed by atoms with Gasteiger partial charge in [-0.1, -0.05) is 28.1 Å². The second kappa shape index (κ2) is 9.54. The number of halogens is 1. The number of carbonyl (C=O) groups is 1. The van der Waals surface area contributed by atoms with E-state index in [-0.39, 0.29) is 12.5 Å². The highest BCUT2D eigenvalue weighted by Crippen LogP contribution is 2.36. The Bertz CT molecular complexity index is 1140. The molecular weight excluding hydrogens is 474 g/mol. The fraction of sp³-hybridized carbons (Fsp3) is 0.261. The van der Waals surface area contributed by atoms with E-state index in [9.17, 15) is 4.79 Å². The zero-order valence-electron chi connectivity index (χ0n) is 17.8. The Morgan fingerprint density at radius 2 is 1.94 bits per heavy atom. The average Bonchev–Trinajstić information content (AvgIpc) is 3.20. The fourth-order valence-electron chi connectivity index (χ4n) is 3.66. The van der Waals surface area contributed by atoms with Crippen molar-refractivity contribution in [2.45, 2.75) is 25.8 Å². The highest BCUT2D eigenvalue weighted by atomic mass is 79.9. The van der Waals surface area contributed by atoms with Gasteiger partial charge in [0.25, 0.3) is 5.91 Å². The molecule has 0 radical (unpaired) electrons. The summed E-state index contributed by atoms with van der Waals surface area (Å²) < 4.78 is 7.88. The number of hydrogen-bond acceptors (Lipinski definition) is 6. The van der Waals surface area contributed by atoms with E-state index in [2.05, 4.69) is 36.6 Å². The molecule has 2 aromatic carbocycles. The van der Waals surface area contributed by atoms with Crippen LogP contribution in [0.1, 0.15) is 30.8 Å². The van der Waals surface area contributed by atoms with E-state index in [1.807, 2.05) is 31.2 Å². The van der Waals surface area contributed by atoms with E-state index in [0.29, 0.717) is 47.3 Å². The fourth-order valence-corrected chi connectivity index (χ4v) is 3.92. The summed E-state index contributed by atoms with van der Waals surface area (Å²) in [6.07, 6.45) is 1.13. The number of anilines is 2. The topological polar surface area (TPSA) is 101 Å². The standard InChI is InChI=1S/C23H24BrN5O3/c1-14-20(22(31)26-17-9-11-18(32-2)12-10-17)21(15-5-7-16(24)8-6-15)29-23(25-14)27-19(28-29)4-3-13-30/h5-12,21,30H,3-4,13H2,1-2H3,(H,26,31)(H,25,27,28)/t21-/m1/s1. The van der Waals surface area contributed by atoms with E-state index in [4.69, 9.17) is 9.84 Å². The number of nitrogens with zero attached hydrogens (tertiary/aromatic N) is 3. The monoisotopic (exact) mass is 497 g/mol. The first-order chi connectivity index (χ1) is 15.5. The molecule has 0 fully saturated rings. The summed E-state index contributed by atoms with van der Waals surface area (Å²) in [7, 11) is 1.60. The lowest BCUT2D eigenvalue weighted by atomic mass is 9.95. The molecule has 1 aliphatic rings. The molecule has 0 unspecified atom stereocenters. The lowest BCUT2D eigenvalue weighted by Crippen LogP contribution is -2.31. The van der Waals surface area contributed by atoms with Gasteiger partial charge in [-0.05, 0) is 55.3 Å². The van der Waals surface area contributed by atoms with Crippen molar-refractivity contribution in [3.05, 3.63) is 75.7 Å². The molecule has 166 valence electrons. The second-order valence-corrected chi connectivity index (χ2v) is 8.34. The van der Waals surface area contributed by atoms with Gasteiger partial charge < -0.3 is 20.5 Å². The molecule has 1 atom stereocenters. The Labute approximate surface area is 194 Å². The number of carbonyl (C=O) groups excluding carboxylic acids is 1. The van der Waals surface area contributed by atoms with Crippen molar-refractivity contribution in [1.82, 2.24) is 14.8 Å². The van der Waals surface area contributed by atoms with Crippen LogP contribution in [0.5, 0.6) is 5.75 Å². The summed E-state index contributed by atoms with van der Waals surface area (Å²) in [5, 5.41) is 20.0. The maximum Gasteiger partial charge on any atom is 0.255 e. The Morgan fingerprint density at radius 1 is 1.22 bits per heavy atom. The van der Waals surface area contributed by atoms with Crippen molar-refractivity contribution in [2.24, 2.45) is 0 Å². The minimum Gasteiger partial charge on any atom is -0.497 e. The average molecular weight is 498 g/mol. The predicted octanol–water partition coefficient (Wildman–Crippen LogP) is 3.90. The molecule has 1 aliphatic heterocycles. The molecule has 32 heavy (non-hydrogen) atoms. The Hall–Kier alpha value is -3.17. The van der Waals surface area contributed by atoms with Gasteiger partial charge in [0, 0.05) is 28.9 Å². The summed E-state index contributed by atoms with van der Waals surface area (Å²) in [4.78, 5) is 18.0. The van der Waals surface area contributed by atoms with Gasteiger partial charge in [0.2, 0.25) is 5.95 Å². The van der Waals surface area contributed by atoms with Gasteiger partial charge in [-0.15, -0.1) is 0 Å². The van der Waals surface area contributed by atoms with Gasteiger partial charge >= 0.3 is 0 Å². The van der Waals surface area contributed by atoms with E-state index < -0.39 is 6.04 Å². The number of benzene rings is 2. The number of amides is 1. The van der Waals surface area contributed by atoms with Gasteiger partial charge in [0.1, 0.15) is 11.8 Å². The quantitative estimate of drug-likeness (QED) is 0.457. The van der Waals surface area contributed by atoms with E-state index in [0.717, 1.165) is 10.0 Å². The van der Waals surface area contributed by atoms with Crippen LogP contribution in [0.2, 0.25) is 0 Å². The molecule has 1 aromatic heterocycles. The normalized spacial score (nSPS) is 15.2. The smallest absolute Gasteiger partial charge is 0.255 e.